The molecule has 0 saturated carbocycles. The van der Waals surface area contributed by atoms with Crippen LogP contribution in [0.2, 0.25) is 5.02 Å². The van der Waals surface area contributed by atoms with Crippen molar-refractivity contribution in [3.8, 4) is 0 Å². The maximum Gasteiger partial charge on any atom is 0.242 e. The van der Waals surface area contributed by atoms with E-state index in [1.807, 2.05) is 14.0 Å². The van der Waals surface area contributed by atoms with Crippen LogP contribution in [-0.2, 0) is 21.9 Å². The lowest BCUT2D eigenvalue weighted by Crippen LogP contribution is -2.22. The normalized spacial score (nSPS) is 11.8. The second kappa shape index (κ2) is 7.73. The minimum absolute atomic E-state index is 0.0498. The van der Waals surface area contributed by atoms with Gasteiger partial charge in [0.05, 0.1) is 21.4 Å². The average molecular weight is 404 g/mol. The molecule has 0 aliphatic carbocycles. The molecule has 0 atom stereocenters. The molecule has 1 aromatic carbocycles. The first-order chi connectivity index (χ1) is 11.6. The van der Waals surface area contributed by atoms with Crippen LogP contribution in [0.3, 0.4) is 0 Å². The lowest BCUT2D eigenvalue weighted by molar-refractivity contribution is -0.113. The summed E-state index contributed by atoms with van der Waals surface area (Å²) in [6.07, 6.45) is 0. The van der Waals surface area contributed by atoms with E-state index in [2.05, 4.69) is 15.5 Å². The smallest absolute Gasteiger partial charge is 0.242 e. The Balaban J connectivity index is 2.11. The predicted octanol–water partition coefficient (Wildman–Crippen LogP) is 1.76. The Bertz CT molecular complexity index is 896. The monoisotopic (exact) mass is 403 g/mol. The molecule has 2 aromatic rings. The van der Waals surface area contributed by atoms with Crippen LogP contribution in [0.25, 0.3) is 0 Å². The topological polar surface area (TPSA) is 97.2 Å². The molecule has 1 N–H and O–H groups in total. The number of hydrogen-bond donors (Lipinski definition) is 1. The van der Waals surface area contributed by atoms with Gasteiger partial charge in [0.2, 0.25) is 15.9 Å². The van der Waals surface area contributed by atoms with Crippen LogP contribution in [0.4, 0.5) is 5.69 Å². The van der Waals surface area contributed by atoms with E-state index in [1.54, 1.807) is 4.57 Å². The van der Waals surface area contributed by atoms with Gasteiger partial charge >= 0.3 is 0 Å². The maximum absolute atomic E-state index is 12.2. The summed E-state index contributed by atoms with van der Waals surface area (Å²) >= 11 is 7.28. The quantitative estimate of drug-likeness (QED) is 0.738. The van der Waals surface area contributed by atoms with E-state index in [-0.39, 0.29) is 27.3 Å². The number of anilines is 1. The molecule has 1 heterocycles. The Hall–Kier alpha value is -1.62. The molecule has 0 spiro atoms. The molecule has 0 bridgehead atoms. The van der Waals surface area contributed by atoms with E-state index in [9.17, 15) is 13.2 Å². The van der Waals surface area contributed by atoms with Gasteiger partial charge in [0.1, 0.15) is 5.82 Å². The van der Waals surface area contributed by atoms with Crippen molar-refractivity contribution in [3.63, 3.8) is 0 Å². The van der Waals surface area contributed by atoms with Crippen molar-refractivity contribution in [2.75, 3.05) is 25.2 Å². The fraction of sp³-hybridized carbons (Fsp3) is 0.357. The summed E-state index contributed by atoms with van der Waals surface area (Å²) in [7, 11) is 1.06. The molecule has 136 valence electrons. The van der Waals surface area contributed by atoms with Gasteiger partial charge in [-0.2, -0.15) is 0 Å². The first kappa shape index (κ1) is 19.7. The van der Waals surface area contributed by atoms with Crippen LogP contribution in [0.15, 0.2) is 28.3 Å². The van der Waals surface area contributed by atoms with E-state index in [0.717, 1.165) is 10.1 Å². The Morgan fingerprint density at radius 3 is 2.60 bits per heavy atom. The van der Waals surface area contributed by atoms with E-state index in [1.165, 1.54) is 44.1 Å². The zero-order chi connectivity index (χ0) is 18.8. The SMILES string of the molecule is Cc1nnc(SCC(=O)Nc2cc(S(=O)(=O)N(C)C)ccc2Cl)n1C. The van der Waals surface area contributed by atoms with Crippen molar-refractivity contribution in [2.45, 2.75) is 17.0 Å². The van der Waals surface area contributed by atoms with Crippen LogP contribution in [0.1, 0.15) is 5.82 Å². The lowest BCUT2D eigenvalue weighted by Gasteiger charge is -2.13. The summed E-state index contributed by atoms with van der Waals surface area (Å²) in [5.74, 6) is 0.506. The fourth-order valence-electron chi connectivity index (χ4n) is 1.80. The summed E-state index contributed by atoms with van der Waals surface area (Å²) in [6.45, 7) is 1.81. The van der Waals surface area contributed by atoms with E-state index in [4.69, 9.17) is 11.6 Å². The van der Waals surface area contributed by atoms with Crippen molar-refractivity contribution >= 4 is 45.0 Å². The number of nitrogens with zero attached hydrogens (tertiary/aromatic N) is 4. The second-order valence-electron chi connectivity index (χ2n) is 5.35. The minimum atomic E-state index is -3.61. The van der Waals surface area contributed by atoms with Crippen molar-refractivity contribution < 1.29 is 13.2 Å². The standard InChI is InChI=1S/C14H18ClN5O3S2/c1-9-17-18-14(20(9)4)24-8-13(21)16-12-7-10(5-6-11(12)15)25(22,23)19(2)3/h5-7H,8H2,1-4H3,(H,16,21). The van der Waals surface area contributed by atoms with Gasteiger partial charge in [0.25, 0.3) is 0 Å². The molecule has 2 rings (SSSR count). The van der Waals surface area contributed by atoms with Gasteiger partial charge in [-0.05, 0) is 25.1 Å². The van der Waals surface area contributed by atoms with Crippen molar-refractivity contribution in [3.05, 3.63) is 29.0 Å². The number of halogens is 1. The molecular formula is C14H18ClN5O3S2. The van der Waals surface area contributed by atoms with Gasteiger partial charge in [0, 0.05) is 21.1 Å². The van der Waals surface area contributed by atoms with Gasteiger partial charge in [-0.3, -0.25) is 4.79 Å². The van der Waals surface area contributed by atoms with Crippen LogP contribution < -0.4 is 5.32 Å². The Morgan fingerprint density at radius 1 is 1.36 bits per heavy atom. The first-order valence-electron chi connectivity index (χ1n) is 7.13. The minimum Gasteiger partial charge on any atom is -0.324 e. The van der Waals surface area contributed by atoms with Gasteiger partial charge in [-0.1, -0.05) is 23.4 Å². The number of nitrogens with one attached hydrogen (secondary N) is 1. The maximum atomic E-state index is 12.2. The third-order valence-electron chi connectivity index (χ3n) is 3.38. The summed E-state index contributed by atoms with van der Waals surface area (Å²) in [5.41, 5.74) is 0.240. The van der Waals surface area contributed by atoms with E-state index < -0.39 is 10.0 Å². The van der Waals surface area contributed by atoms with Gasteiger partial charge in [-0.25, -0.2) is 12.7 Å². The molecule has 0 aliphatic heterocycles. The highest BCUT2D eigenvalue weighted by Gasteiger charge is 2.19. The molecule has 0 fully saturated rings. The number of benzene rings is 1. The van der Waals surface area contributed by atoms with Crippen LogP contribution in [-0.4, -0.2) is 53.2 Å². The molecule has 0 aliphatic rings. The summed E-state index contributed by atoms with van der Waals surface area (Å²) in [4.78, 5) is 12.2. The number of hydrogen-bond acceptors (Lipinski definition) is 6. The van der Waals surface area contributed by atoms with Crippen LogP contribution >= 0.6 is 23.4 Å². The average Bonchev–Trinajstić information content (AvgIpc) is 2.86. The fourth-order valence-corrected chi connectivity index (χ4v) is 3.65. The first-order valence-corrected chi connectivity index (χ1v) is 9.94. The number of aromatic nitrogens is 3. The molecule has 11 heteroatoms. The highest BCUT2D eigenvalue weighted by molar-refractivity contribution is 7.99. The molecule has 8 nitrogen and oxygen atoms in total. The molecule has 1 aromatic heterocycles. The van der Waals surface area contributed by atoms with E-state index in [0.29, 0.717) is 5.16 Å². The number of aryl methyl sites for hydroxylation is 1. The molecule has 0 unspecified atom stereocenters. The molecule has 25 heavy (non-hydrogen) atoms. The Labute approximate surface area is 155 Å². The lowest BCUT2D eigenvalue weighted by atomic mass is 10.3. The third-order valence-corrected chi connectivity index (χ3v) is 6.54. The number of amides is 1. The number of thioether (sulfide) groups is 1. The molecular weight excluding hydrogens is 386 g/mol. The number of carbonyl (C=O) groups excluding carboxylic acids is 1. The van der Waals surface area contributed by atoms with Crippen molar-refractivity contribution in [1.29, 1.82) is 0 Å². The Kier molecular flexibility index (Phi) is 6.09. The predicted molar refractivity (Wildman–Crippen MR) is 97.4 cm³/mol. The van der Waals surface area contributed by atoms with Gasteiger partial charge < -0.3 is 9.88 Å². The van der Waals surface area contributed by atoms with Gasteiger partial charge in [0.15, 0.2) is 5.16 Å². The number of sulfonamides is 1. The van der Waals surface area contributed by atoms with Crippen LogP contribution in [0, 0.1) is 6.92 Å². The van der Waals surface area contributed by atoms with Crippen LogP contribution in [0.5, 0.6) is 0 Å². The zero-order valence-electron chi connectivity index (χ0n) is 14.1. The van der Waals surface area contributed by atoms with E-state index >= 15 is 0 Å². The molecule has 1 amide bonds. The summed E-state index contributed by atoms with van der Waals surface area (Å²) in [6, 6.07) is 4.17. The van der Waals surface area contributed by atoms with Crippen molar-refractivity contribution in [2.24, 2.45) is 7.05 Å². The van der Waals surface area contributed by atoms with Crippen molar-refractivity contribution in [1.82, 2.24) is 19.1 Å². The second-order valence-corrected chi connectivity index (χ2v) is 8.86. The third kappa shape index (κ3) is 4.51. The summed E-state index contributed by atoms with van der Waals surface area (Å²) < 4.78 is 27.2. The highest BCUT2D eigenvalue weighted by Crippen LogP contribution is 2.27. The summed E-state index contributed by atoms with van der Waals surface area (Å²) in [5, 5.41) is 11.4. The molecule has 0 radical (unpaired) electrons. The zero-order valence-corrected chi connectivity index (χ0v) is 16.5. The Morgan fingerprint density at radius 2 is 2.04 bits per heavy atom. The molecule has 0 saturated heterocycles. The highest BCUT2D eigenvalue weighted by atomic mass is 35.5. The van der Waals surface area contributed by atoms with Gasteiger partial charge in [-0.15, -0.1) is 10.2 Å². The largest absolute Gasteiger partial charge is 0.324 e. The number of carbonyl (C=O) groups is 1. The number of rotatable bonds is 6.